The van der Waals surface area contributed by atoms with Gasteiger partial charge in [0, 0.05) is 30.8 Å². The molecule has 2 aromatic heterocycles. The van der Waals surface area contributed by atoms with Gasteiger partial charge in [0.1, 0.15) is 12.4 Å². The molecule has 9 nitrogen and oxygen atoms in total. The minimum atomic E-state index is -0.679. The zero-order valence-corrected chi connectivity index (χ0v) is 18.0. The number of H-pyrrole nitrogens is 1. The number of nitrogens with one attached hydrogen (secondary N) is 1. The van der Waals surface area contributed by atoms with E-state index in [1.165, 1.54) is 12.1 Å². The molecule has 1 aliphatic rings. The van der Waals surface area contributed by atoms with Crippen LogP contribution in [0, 0.1) is 11.2 Å². The first-order chi connectivity index (χ1) is 15.5. The van der Waals surface area contributed by atoms with Crippen LogP contribution in [0.1, 0.15) is 19.0 Å². The van der Waals surface area contributed by atoms with E-state index >= 15 is 0 Å². The number of ether oxygens (including phenoxy) is 4. The van der Waals surface area contributed by atoms with Gasteiger partial charge in [-0.2, -0.15) is 4.98 Å². The number of nitrogens with two attached hydrogens (primary N) is 1. The van der Waals surface area contributed by atoms with Crippen LogP contribution in [-0.2, 0) is 14.2 Å². The van der Waals surface area contributed by atoms with Crippen LogP contribution in [0.3, 0.4) is 0 Å². The lowest BCUT2D eigenvalue weighted by atomic mass is 9.93. The molecule has 3 aromatic rings. The van der Waals surface area contributed by atoms with Crippen LogP contribution < -0.4 is 10.5 Å². The number of aromatic nitrogens is 4. The van der Waals surface area contributed by atoms with E-state index in [-0.39, 0.29) is 17.2 Å². The number of methoxy groups -OCH3 is 1. The molecule has 0 radical (unpaired) electrons. The van der Waals surface area contributed by atoms with Crippen molar-refractivity contribution in [3.8, 4) is 28.7 Å². The van der Waals surface area contributed by atoms with E-state index in [1.54, 1.807) is 31.5 Å². The van der Waals surface area contributed by atoms with E-state index in [0.29, 0.717) is 61.4 Å². The second kappa shape index (κ2) is 9.70. The highest BCUT2D eigenvalue weighted by Crippen LogP contribution is 2.35. The van der Waals surface area contributed by atoms with Gasteiger partial charge in [0.15, 0.2) is 5.82 Å². The molecule has 32 heavy (non-hydrogen) atoms. The minimum absolute atomic E-state index is 0.213. The summed E-state index contributed by atoms with van der Waals surface area (Å²) >= 11 is 0. The van der Waals surface area contributed by atoms with Crippen LogP contribution in [0.25, 0.3) is 22.6 Å². The molecule has 0 bridgehead atoms. The van der Waals surface area contributed by atoms with E-state index in [1.807, 2.05) is 6.92 Å². The van der Waals surface area contributed by atoms with Crippen molar-refractivity contribution in [1.29, 1.82) is 0 Å². The maximum Gasteiger partial charge on any atom is 0.317 e. The Kier molecular flexibility index (Phi) is 6.75. The average molecular weight is 443 g/mol. The van der Waals surface area contributed by atoms with Crippen molar-refractivity contribution in [2.24, 2.45) is 11.1 Å². The summed E-state index contributed by atoms with van der Waals surface area (Å²) in [7, 11) is 1.59. The summed E-state index contributed by atoms with van der Waals surface area (Å²) in [6.45, 7) is 4.09. The fourth-order valence-electron chi connectivity index (χ4n) is 3.19. The van der Waals surface area contributed by atoms with E-state index < -0.39 is 6.29 Å². The number of rotatable bonds is 8. The lowest BCUT2D eigenvalue weighted by Gasteiger charge is -2.35. The smallest absolute Gasteiger partial charge is 0.317 e. The van der Waals surface area contributed by atoms with E-state index in [4.69, 9.17) is 29.7 Å². The maximum absolute atomic E-state index is 13.5. The zero-order valence-electron chi connectivity index (χ0n) is 18.0. The third-order valence-corrected chi connectivity index (χ3v) is 5.13. The van der Waals surface area contributed by atoms with Gasteiger partial charge in [-0.3, -0.25) is 0 Å². The first-order valence-electron chi connectivity index (χ1n) is 10.3. The molecule has 0 saturated carbocycles. The molecule has 3 N–H and O–H groups in total. The summed E-state index contributed by atoms with van der Waals surface area (Å²) in [5.41, 5.74) is 8.06. The summed E-state index contributed by atoms with van der Waals surface area (Å²) in [6, 6.07) is 8.03. The Labute approximate surface area is 185 Å². The Balaban J connectivity index is 1.68. The van der Waals surface area contributed by atoms with Crippen molar-refractivity contribution in [3.63, 3.8) is 0 Å². The van der Waals surface area contributed by atoms with Crippen molar-refractivity contribution in [2.45, 2.75) is 13.2 Å². The SMILES string of the molecule is COCCOc1nccc(-c2[nH]c(C3OCC(C)(CN)CO3)nc2-c2ccc(F)cc2)n1. The first-order valence-corrected chi connectivity index (χ1v) is 10.3. The number of imidazole rings is 1. The van der Waals surface area contributed by atoms with Crippen molar-refractivity contribution < 1.29 is 23.3 Å². The van der Waals surface area contributed by atoms with Gasteiger partial charge in [-0.1, -0.05) is 6.92 Å². The van der Waals surface area contributed by atoms with Crippen LogP contribution >= 0.6 is 0 Å². The number of benzene rings is 1. The highest BCUT2D eigenvalue weighted by molar-refractivity contribution is 5.76. The number of aromatic amines is 1. The predicted octanol–water partition coefficient (Wildman–Crippen LogP) is 2.71. The Morgan fingerprint density at radius 1 is 1.16 bits per heavy atom. The van der Waals surface area contributed by atoms with Crippen LogP contribution in [0.2, 0.25) is 0 Å². The Morgan fingerprint density at radius 2 is 1.91 bits per heavy atom. The Bertz CT molecular complexity index is 1040. The Hall–Kier alpha value is -2.92. The molecule has 1 fully saturated rings. The third-order valence-electron chi connectivity index (χ3n) is 5.13. The molecule has 0 aliphatic carbocycles. The van der Waals surface area contributed by atoms with Gasteiger partial charge in [0.25, 0.3) is 0 Å². The zero-order chi connectivity index (χ0) is 22.6. The van der Waals surface area contributed by atoms with Gasteiger partial charge >= 0.3 is 6.01 Å². The molecule has 0 unspecified atom stereocenters. The molecular weight excluding hydrogens is 417 g/mol. The molecular formula is C22H26FN5O4. The summed E-state index contributed by atoms with van der Waals surface area (Å²) in [5, 5.41) is 0. The van der Waals surface area contributed by atoms with E-state index in [2.05, 4.69) is 15.0 Å². The minimum Gasteiger partial charge on any atom is -0.461 e. The summed E-state index contributed by atoms with van der Waals surface area (Å²) in [4.78, 5) is 16.6. The molecule has 0 spiro atoms. The summed E-state index contributed by atoms with van der Waals surface area (Å²) in [5.74, 6) is 0.154. The van der Waals surface area contributed by atoms with E-state index in [9.17, 15) is 4.39 Å². The topological polar surface area (TPSA) is 117 Å². The van der Waals surface area contributed by atoms with Gasteiger partial charge in [-0.15, -0.1) is 0 Å². The van der Waals surface area contributed by atoms with Crippen molar-refractivity contribution in [1.82, 2.24) is 19.9 Å². The summed E-state index contributed by atoms with van der Waals surface area (Å²) in [6.07, 6.45) is 0.918. The maximum atomic E-state index is 13.5. The number of halogens is 1. The fourth-order valence-corrected chi connectivity index (χ4v) is 3.19. The third kappa shape index (κ3) is 4.94. The van der Waals surface area contributed by atoms with Crippen LogP contribution in [-0.4, -0.2) is 60.0 Å². The lowest BCUT2D eigenvalue weighted by molar-refractivity contribution is -0.231. The Morgan fingerprint density at radius 3 is 2.59 bits per heavy atom. The van der Waals surface area contributed by atoms with Crippen molar-refractivity contribution in [3.05, 3.63) is 48.2 Å². The van der Waals surface area contributed by atoms with Crippen molar-refractivity contribution in [2.75, 3.05) is 40.1 Å². The predicted molar refractivity (Wildman–Crippen MR) is 114 cm³/mol. The monoisotopic (exact) mass is 443 g/mol. The van der Waals surface area contributed by atoms with Gasteiger partial charge in [-0.05, 0) is 30.3 Å². The van der Waals surface area contributed by atoms with Crippen LogP contribution in [0.4, 0.5) is 4.39 Å². The molecule has 3 heterocycles. The highest BCUT2D eigenvalue weighted by atomic mass is 19.1. The number of nitrogens with zero attached hydrogens (tertiary/aromatic N) is 3. The fraction of sp³-hybridized carbons (Fsp3) is 0.409. The lowest BCUT2D eigenvalue weighted by Crippen LogP contribution is -2.42. The second-order valence-corrected chi connectivity index (χ2v) is 7.89. The molecule has 1 saturated heterocycles. The van der Waals surface area contributed by atoms with Crippen LogP contribution in [0.15, 0.2) is 36.5 Å². The standard InChI is InChI=1S/C22H26FN5O4/c1-22(11-24)12-31-20(32-13-22)19-27-17(14-3-5-15(23)6-4-14)18(28-19)16-7-8-25-21(26-16)30-10-9-29-2/h3-8,20H,9-13,24H2,1-2H3,(H,27,28). The first kappa shape index (κ1) is 22.3. The quantitative estimate of drug-likeness (QED) is 0.511. The summed E-state index contributed by atoms with van der Waals surface area (Å²) < 4.78 is 35.8. The molecule has 1 aliphatic heterocycles. The molecule has 170 valence electrons. The molecule has 1 aromatic carbocycles. The van der Waals surface area contributed by atoms with Gasteiger partial charge < -0.3 is 29.7 Å². The van der Waals surface area contributed by atoms with Crippen LogP contribution in [0.5, 0.6) is 6.01 Å². The van der Waals surface area contributed by atoms with Gasteiger partial charge in [0.05, 0.1) is 36.9 Å². The molecule has 4 rings (SSSR count). The molecule has 0 amide bonds. The van der Waals surface area contributed by atoms with Gasteiger partial charge in [0.2, 0.25) is 6.29 Å². The highest BCUT2D eigenvalue weighted by Gasteiger charge is 2.34. The van der Waals surface area contributed by atoms with Crippen molar-refractivity contribution >= 4 is 0 Å². The van der Waals surface area contributed by atoms with Gasteiger partial charge in [-0.25, -0.2) is 14.4 Å². The number of hydrogen-bond donors (Lipinski definition) is 2. The number of hydrogen-bond acceptors (Lipinski definition) is 8. The average Bonchev–Trinajstić information content (AvgIpc) is 3.26. The molecule has 0 atom stereocenters. The molecule has 10 heteroatoms. The second-order valence-electron chi connectivity index (χ2n) is 7.89. The largest absolute Gasteiger partial charge is 0.461 e. The normalized spacial score (nSPS) is 20.9. The van der Waals surface area contributed by atoms with E-state index in [0.717, 1.165) is 0 Å².